The SMILES string of the molecule is CN1C(=O)C(C(=O)Nc2ccc(Br)cc2)c2cc3c(cc2[S+]1[O-])CCCC3. The van der Waals surface area contributed by atoms with Crippen LogP contribution in [0.2, 0.25) is 0 Å². The molecular weight excluding hydrogens is 428 g/mol. The monoisotopic (exact) mass is 446 g/mol. The van der Waals surface area contributed by atoms with Gasteiger partial charge in [0.1, 0.15) is 11.4 Å². The number of fused-ring (bicyclic) bond motifs is 2. The Labute approximate surface area is 169 Å². The number of anilines is 1. The van der Waals surface area contributed by atoms with Gasteiger partial charge < -0.3 is 9.87 Å². The molecule has 0 radical (unpaired) electrons. The molecule has 1 aliphatic heterocycles. The Balaban J connectivity index is 1.73. The van der Waals surface area contributed by atoms with Gasteiger partial charge in [0.25, 0.3) is 5.91 Å². The van der Waals surface area contributed by atoms with E-state index in [4.69, 9.17) is 0 Å². The maximum Gasteiger partial charge on any atom is 0.281 e. The van der Waals surface area contributed by atoms with Crippen molar-refractivity contribution in [3.63, 3.8) is 0 Å². The van der Waals surface area contributed by atoms with Crippen LogP contribution < -0.4 is 5.32 Å². The molecule has 0 bridgehead atoms. The Morgan fingerprint density at radius 2 is 1.81 bits per heavy atom. The molecule has 2 aromatic carbocycles. The van der Waals surface area contributed by atoms with Gasteiger partial charge >= 0.3 is 0 Å². The highest BCUT2D eigenvalue weighted by molar-refractivity contribution is 9.10. The Morgan fingerprint density at radius 3 is 2.48 bits per heavy atom. The number of nitrogens with zero attached hydrogens (tertiary/aromatic N) is 1. The number of hydrogen-bond acceptors (Lipinski definition) is 3. The molecule has 2 unspecified atom stereocenters. The minimum atomic E-state index is -1.58. The van der Waals surface area contributed by atoms with Crippen LogP contribution in [0.4, 0.5) is 5.69 Å². The van der Waals surface area contributed by atoms with Crippen LogP contribution in [-0.2, 0) is 33.8 Å². The number of carbonyl (C=O) groups excluding carboxylic acids is 2. The third kappa shape index (κ3) is 3.39. The van der Waals surface area contributed by atoms with Crippen LogP contribution in [-0.4, -0.2) is 27.7 Å². The molecule has 0 fully saturated rings. The lowest BCUT2D eigenvalue weighted by Gasteiger charge is -2.32. The zero-order valence-electron chi connectivity index (χ0n) is 14.8. The molecule has 2 aliphatic rings. The van der Waals surface area contributed by atoms with Gasteiger partial charge in [0.05, 0.1) is 7.05 Å². The molecule has 0 spiro atoms. The fourth-order valence-electron chi connectivity index (χ4n) is 3.70. The van der Waals surface area contributed by atoms with Crippen molar-refractivity contribution in [1.82, 2.24) is 4.31 Å². The molecular formula is C20H19BrN2O3S. The number of hydrogen-bond donors (Lipinski definition) is 1. The van der Waals surface area contributed by atoms with Crippen LogP contribution in [0.15, 0.2) is 45.8 Å². The van der Waals surface area contributed by atoms with E-state index in [1.165, 1.54) is 16.9 Å². The third-order valence-corrected chi connectivity index (χ3v) is 7.09. The minimum Gasteiger partial charge on any atom is -0.588 e. The van der Waals surface area contributed by atoms with Crippen LogP contribution >= 0.6 is 15.9 Å². The van der Waals surface area contributed by atoms with Crippen molar-refractivity contribution in [2.75, 3.05) is 12.4 Å². The third-order valence-electron chi connectivity index (χ3n) is 5.15. The van der Waals surface area contributed by atoms with Crippen molar-refractivity contribution in [2.24, 2.45) is 0 Å². The van der Waals surface area contributed by atoms with Crippen molar-refractivity contribution < 1.29 is 14.1 Å². The zero-order valence-corrected chi connectivity index (χ0v) is 17.2. The number of nitrogens with one attached hydrogen (secondary N) is 1. The summed E-state index contributed by atoms with van der Waals surface area (Å²) in [6, 6.07) is 11.0. The molecule has 7 heteroatoms. The van der Waals surface area contributed by atoms with Crippen molar-refractivity contribution in [3.05, 3.63) is 57.6 Å². The normalized spacial score (nSPS) is 21.4. The van der Waals surface area contributed by atoms with Crippen LogP contribution in [0.3, 0.4) is 0 Å². The number of likely N-dealkylation sites (N-methyl/N-ethyl adjacent to an activating group) is 1. The first kappa shape index (κ1) is 18.5. The van der Waals surface area contributed by atoms with E-state index >= 15 is 0 Å². The molecule has 1 heterocycles. The molecule has 2 amide bonds. The molecule has 2 atom stereocenters. The lowest BCUT2D eigenvalue weighted by molar-refractivity contribution is -0.132. The number of amides is 2. The highest BCUT2D eigenvalue weighted by Gasteiger charge is 2.45. The number of rotatable bonds is 2. The molecule has 2 aromatic rings. The Hall–Kier alpha value is -1.83. The summed E-state index contributed by atoms with van der Waals surface area (Å²) < 4.78 is 14.8. The fourth-order valence-corrected chi connectivity index (χ4v) is 5.15. The number of benzene rings is 2. The maximum absolute atomic E-state index is 13.0. The number of halogens is 1. The van der Waals surface area contributed by atoms with Gasteiger partial charge in [-0.2, -0.15) is 4.31 Å². The van der Waals surface area contributed by atoms with Crippen LogP contribution in [0.5, 0.6) is 0 Å². The van der Waals surface area contributed by atoms with Crippen molar-refractivity contribution in [1.29, 1.82) is 0 Å². The van der Waals surface area contributed by atoms with Crippen LogP contribution in [0, 0.1) is 0 Å². The maximum atomic E-state index is 13.0. The lowest BCUT2D eigenvalue weighted by Crippen LogP contribution is -2.46. The second-order valence-corrected chi connectivity index (χ2v) is 9.28. The van der Waals surface area contributed by atoms with Crippen molar-refractivity contribution in [3.8, 4) is 0 Å². The fraction of sp³-hybridized carbons (Fsp3) is 0.300. The van der Waals surface area contributed by atoms with E-state index in [1.807, 2.05) is 24.3 Å². The summed E-state index contributed by atoms with van der Waals surface area (Å²) in [5.41, 5.74) is 3.54. The van der Waals surface area contributed by atoms with E-state index in [1.54, 1.807) is 12.1 Å². The van der Waals surface area contributed by atoms with E-state index in [2.05, 4.69) is 21.2 Å². The van der Waals surface area contributed by atoms with E-state index in [0.29, 0.717) is 16.1 Å². The van der Waals surface area contributed by atoms with Crippen molar-refractivity contribution in [2.45, 2.75) is 36.5 Å². The van der Waals surface area contributed by atoms with Gasteiger partial charge in [-0.05, 0) is 73.2 Å². The minimum absolute atomic E-state index is 0.400. The molecule has 0 saturated heterocycles. The second-order valence-electron chi connectivity index (χ2n) is 6.88. The summed E-state index contributed by atoms with van der Waals surface area (Å²) in [4.78, 5) is 26.4. The number of aryl methyl sites for hydroxylation is 2. The molecule has 0 aromatic heterocycles. The van der Waals surface area contributed by atoms with E-state index in [0.717, 1.165) is 35.7 Å². The Bertz CT molecular complexity index is 916. The molecule has 0 saturated carbocycles. The summed E-state index contributed by atoms with van der Waals surface area (Å²) in [6.07, 6.45) is 4.09. The van der Waals surface area contributed by atoms with Gasteiger partial charge in [0.2, 0.25) is 5.91 Å². The molecule has 5 nitrogen and oxygen atoms in total. The van der Waals surface area contributed by atoms with Crippen LogP contribution in [0.25, 0.3) is 0 Å². The van der Waals surface area contributed by atoms with Gasteiger partial charge in [-0.3, -0.25) is 9.59 Å². The predicted molar refractivity (Wildman–Crippen MR) is 108 cm³/mol. The average molecular weight is 447 g/mol. The van der Waals surface area contributed by atoms with Crippen molar-refractivity contribution >= 4 is 44.8 Å². The summed E-state index contributed by atoms with van der Waals surface area (Å²) in [7, 11) is 1.49. The molecule has 27 heavy (non-hydrogen) atoms. The second kappa shape index (κ2) is 7.30. The summed E-state index contributed by atoms with van der Waals surface area (Å²) in [6.45, 7) is 0. The van der Waals surface area contributed by atoms with Gasteiger partial charge in [-0.15, -0.1) is 0 Å². The zero-order chi connectivity index (χ0) is 19.1. The quantitative estimate of drug-likeness (QED) is 0.566. The largest absolute Gasteiger partial charge is 0.588 e. The molecule has 1 N–H and O–H groups in total. The smallest absolute Gasteiger partial charge is 0.281 e. The lowest BCUT2D eigenvalue weighted by atomic mass is 9.86. The van der Waals surface area contributed by atoms with Gasteiger partial charge in [0, 0.05) is 15.7 Å². The van der Waals surface area contributed by atoms with Gasteiger partial charge in [0.15, 0.2) is 10.8 Å². The summed E-state index contributed by atoms with van der Waals surface area (Å²) >= 11 is 1.78. The highest BCUT2D eigenvalue weighted by Crippen LogP contribution is 2.38. The Kier molecular flexibility index (Phi) is 5.01. The molecule has 140 valence electrons. The summed E-state index contributed by atoms with van der Waals surface area (Å²) in [5.74, 6) is -1.83. The standard InChI is InChI=1S/C20H19BrN2O3S/c1-23-20(25)18(19(24)22-15-8-6-14(21)7-9-15)16-10-12-4-2-3-5-13(12)11-17(16)27(23)26/h6-11,18H,2-5H2,1H3,(H,22,24). The van der Waals surface area contributed by atoms with E-state index in [-0.39, 0.29) is 0 Å². The summed E-state index contributed by atoms with van der Waals surface area (Å²) in [5, 5.41) is 2.82. The topological polar surface area (TPSA) is 72.5 Å². The van der Waals surface area contributed by atoms with Gasteiger partial charge in [-0.1, -0.05) is 15.9 Å². The molecule has 4 rings (SSSR count). The first-order valence-electron chi connectivity index (χ1n) is 8.87. The first-order valence-corrected chi connectivity index (χ1v) is 10.8. The van der Waals surface area contributed by atoms with Gasteiger partial charge in [-0.25, -0.2) is 0 Å². The van der Waals surface area contributed by atoms with E-state index in [9.17, 15) is 14.1 Å². The number of carbonyl (C=O) groups is 2. The van der Waals surface area contributed by atoms with E-state index < -0.39 is 29.1 Å². The van der Waals surface area contributed by atoms with Crippen LogP contribution in [0.1, 0.15) is 35.4 Å². The molecule has 1 aliphatic carbocycles. The average Bonchev–Trinajstić information content (AvgIpc) is 2.67. The predicted octanol–water partition coefficient (Wildman–Crippen LogP) is 3.54. The highest BCUT2D eigenvalue weighted by atomic mass is 79.9. The Morgan fingerprint density at radius 1 is 1.19 bits per heavy atom. The first-order chi connectivity index (χ1) is 13.0.